The molecule has 1 aromatic carbocycles. The van der Waals surface area contributed by atoms with E-state index in [1.54, 1.807) is 0 Å². The number of ether oxygens (including phenoxy) is 1. The van der Waals surface area contributed by atoms with E-state index >= 15 is 0 Å². The lowest BCUT2D eigenvalue weighted by molar-refractivity contribution is -0.135. The van der Waals surface area contributed by atoms with Crippen molar-refractivity contribution in [3.05, 3.63) is 35.9 Å². The normalized spacial score (nSPS) is 24.1. The molecule has 2 heterocycles. The summed E-state index contributed by atoms with van der Waals surface area (Å²) in [4.78, 5) is 14.9. The molecule has 2 fully saturated rings. The quantitative estimate of drug-likeness (QED) is 0.850. The minimum atomic E-state index is -0.376. The second-order valence-electron chi connectivity index (χ2n) is 6.04. The summed E-state index contributed by atoms with van der Waals surface area (Å²) in [5.74, 6) is -0.0137. The van der Waals surface area contributed by atoms with E-state index in [1.165, 1.54) is 12.8 Å². The second-order valence-corrected chi connectivity index (χ2v) is 6.04. The van der Waals surface area contributed by atoms with Crippen LogP contribution in [0.2, 0.25) is 0 Å². The van der Waals surface area contributed by atoms with Crippen molar-refractivity contribution >= 4 is 5.91 Å². The maximum absolute atomic E-state index is 12.5. The lowest BCUT2D eigenvalue weighted by atomic mass is 10.1. The predicted molar refractivity (Wildman–Crippen MR) is 85.6 cm³/mol. The Balaban J connectivity index is 1.65. The van der Waals surface area contributed by atoms with E-state index in [-0.39, 0.29) is 18.1 Å². The highest BCUT2D eigenvalue weighted by molar-refractivity contribution is 5.81. The van der Waals surface area contributed by atoms with Gasteiger partial charge in [0.05, 0.1) is 12.6 Å². The van der Waals surface area contributed by atoms with Crippen LogP contribution < -0.4 is 10.6 Å². The molecule has 2 saturated heterocycles. The van der Waals surface area contributed by atoms with Gasteiger partial charge in [0.2, 0.25) is 0 Å². The van der Waals surface area contributed by atoms with Crippen LogP contribution in [0.25, 0.3) is 0 Å². The van der Waals surface area contributed by atoms with E-state index in [2.05, 4.69) is 27.7 Å². The molecule has 0 aliphatic carbocycles. The molecule has 2 N–H and O–H groups in total. The summed E-state index contributed by atoms with van der Waals surface area (Å²) in [6.07, 6.45) is 2.13. The molecule has 5 nitrogen and oxygen atoms in total. The van der Waals surface area contributed by atoms with Gasteiger partial charge < -0.3 is 20.3 Å². The summed E-state index contributed by atoms with van der Waals surface area (Å²) in [7, 11) is 0. The maximum atomic E-state index is 12.5. The van der Waals surface area contributed by atoms with E-state index in [0.717, 1.165) is 31.7 Å². The van der Waals surface area contributed by atoms with Gasteiger partial charge in [0.1, 0.15) is 6.10 Å². The molecule has 120 valence electrons. The fraction of sp³-hybridized carbons (Fsp3) is 0.588. The van der Waals surface area contributed by atoms with Gasteiger partial charge in [0, 0.05) is 19.6 Å². The molecule has 1 amide bonds. The van der Waals surface area contributed by atoms with E-state index in [1.807, 2.05) is 18.2 Å². The van der Waals surface area contributed by atoms with Crippen LogP contribution >= 0.6 is 0 Å². The van der Waals surface area contributed by atoms with Crippen molar-refractivity contribution in [1.29, 1.82) is 0 Å². The molecular formula is C17H25N3O2. The molecule has 0 spiro atoms. The number of rotatable bonds is 5. The first kappa shape index (κ1) is 15.5. The molecular weight excluding hydrogens is 278 g/mol. The van der Waals surface area contributed by atoms with Gasteiger partial charge in [0.25, 0.3) is 5.91 Å². The number of morpholine rings is 1. The Morgan fingerprint density at radius 1 is 1.32 bits per heavy atom. The summed E-state index contributed by atoms with van der Waals surface area (Å²) < 4.78 is 5.56. The largest absolute Gasteiger partial charge is 0.366 e. The molecule has 0 bridgehead atoms. The Hall–Kier alpha value is -1.43. The molecule has 5 heteroatoms. The van der Waals surface area contributed by atoms with Gasteiger partial charge in [-0.2, -0.15) is 0 Å². The lowest BCUT2D eigenvalue weighted by Gasteiger charge is -2.28. The van der Waals surface area contributed by atoms with Gasteiger partial charge in [0.15, 0.2) is 0 Å². The number of carbonyl (C=O) groups excluding carboxylic acids is 1. The first-order chi connectivity index (χ1) is 10.8. The van der Waals surface area contributed by atoms with E-state index in [4.69, 9.17) is 4.74 Å². The summed E-state index contributed by atoms with van der Waals surface area (Å²) in [6, 6.07) is 10.3. The Morgan fingerprint density at radius 3 is 2.77 bits per heavy atom. The number of hydrogen-bond acceptors (Lipinski definition) is 4. The highest BCUT2D eigenvalue weighted by Crippen LogP contribution is 2.18. The highest BCUT2D eigenvalue weighted by atomic mass is 16.5. The number of benzene rings is 1. The van der Waals surface area contributed by atoms with Crippen LogP contribution in [0.1, 0.15) is 24.4 Å². The second kappa shape index (κ2) is 7.72. The summed E-state index contributed by atoms with van der Waals surface area (Å²) in [6.45, 7) is 5.13. The van der Waals surface area contributed by atoms with Crippen LogP contribution in [-0.4, -0.2) is 56.2 Å². The number of likely N-dealkylation sites (tertiary alicyclic amines) is 1. The maximum Gasteiger partial charge on any atom is 0.250 e. The smallest absolute Gasteiger partial charge is 0.250 e. The predicted octanol–water partition coefficient (Wildman–Crippen LogP) is 0.928. The molecule has 1 aromatic rings. The Morgan fingerprint density at radius 2 is 2.09 bits per heavy atom. The van der Waals surface area contributed by atoms with Crippen LogP contribution in [0.15, 0.2) is 30.3 Å². The van der Waals surface area contributed by atoms with E-state index < -0.39 is 0 Å². The third-order valence-corrected chi connectivity index (χ3v) is 4.38. The van der Waals surface area contributed by atoms with Gasteiger partial charge in [-0.15, -0.1) is 0 Å². The molecule has 3 rings (SSSR count). The SMILES string of the molecule is O=C(NC(CN1CCCC1)c1ccccc1)C1CNCCO1. The molecule has 22 heavy (non-hydrogen) atoms. The van der Waals surface area contributed by atoms with Crippen LogP contribution in [-0.2, 0) is 9.53 Å². The van der Waals surface area contributed by atoms with E-state index in [9.17, 15) is 4.79 Å². The number of hydrogen-bond donors (Lipinski definition) is 2. The van der Waals surface area contributed by atoms with Gasteiger partial charge in [-0.05, 0) is 31.5 Å². The van der Waals surface area contributed by atoms with Gasteiger partial charge in [-0.3, -0.25) is 4.79 Å². The van der Waals surface area contributed by atoms with Crippen molar-refractivity contribution in [1.82, 2.24) is 15.5 Å². The van der Waals surface area contributed by atoms with Crippen molar-refractivity contribution in [2.45, 2.75) is 25.0 Å². The first-order valence-electron chi connectivity index (χ1n) is 8.23. The third kappa shape index (κ3) is 4.06. The number of carbonyl (C=O) groups is 1. The average Bonchev–Trinajstić information content (AvgIpc) is 3.09. The van der Waals surface area contributed by atoms with Crippen molar-refractivity contribution in [2.75, 3.05) is 39.3 Å². The minimum absolute atomic E-state index is 0.0137. The minimum Gasteiger partial charge on any atom is -0.366 e. The fourth-order valence-electron chi connectivity index (χ4n) is 3.14. The van der Waals surface area contributed by atoms with Crippen molar-refractivity contribution < 1.29 is 9.53 Å². The molecule has 0 aromatic heterocycles. The van der Waals surface area contributed by atoms with Crippen LogP contribution in [0.4, 0.5) is 0 Å². The zero-order valence-corrected chi connectivity index (χ0v) is 13.0. The average molecular weight is 303 g/mol. The third-order valence-electron chi connectivity index (χ3n) is 4.38. The molecule has 0 saturated carbocycles. The van der Waals surface area contributed by atoms with Gasteiger partial charge >= 0.3 is 0 Å². The van der Waals surface area contributed by atoms with Gasteiger partial charge in [-0.25, -0.2) is 0 Å². The molecule has 2 atom stereocenters. The molecule has 2 aliphatic rings. The number of nitrogens with zero attached hydrogens (tertiary/aromatic N) is 1. The van der Waals surface area contributed by atoms with E-state index in [0.29, 0.717) is 13.2 Å². The Kier molecular flexibility index (Phi) is 5.43. The number of nitrogens with one attached hydrogen (secondary N) is 2. The van der Waals surface area contributed by atoms with Crippen LogP contribution in [0.5, 0.6) is 0 Å². The Labute approximate surface area is 132 Å². The standard InChI is InChI=1S/C17H25N3O2/c21-17(16-12-18-8-11-22-16)19-15(13-20-9-4-5-10-20)14-6-2-1-3-7-14/h1-3,6-7,15-16,18H,4-5,8-13H2,(H,19,21). The lowest BCUT2D eigenvalue weighted by Crippen LogP contribution is -2.49. The monoisotopic (exact) mass is 303 g/mol. The first-order valence-corrected chi connectivity index (χ1v) is 8.23. The molecule has 2 aliphatic heterocycles. The van der Waals surface area contributed by atoms with Crippen molar-refractivity contribution in [3.8, 4) is 0 Å². The summed E-state index contributed by atoms with van der Waals surface area (Å²) >= 11 is 0. The molecule has 0 radical (unpaired) electrons. The summed E-state index contributed by atoms with van der Waals surface area (Å²) in [5, 5.41) is 6.39. The summed E-state index contributed by atoms with van der Waals surface area (Å²) in [5.41, 5.74) is 1.16. The zero-order valence-electron chi connectivity index (χ0n) is 13.0. The topological polar surface area (TPSA) is 53.6 Å². The zero-order chi connectivity index (χ0) is 15.2. The Bertz CT molecular complexity index is 468. The van der Waals surface area contributed by atoms with Crippen molar-refractivity contribution in [2.24, 2.45) is 0 Å². The van der Waals surface area contributed by atoms with Crippen LogP contribution in [0.3, 0.4) is 0 Å². The van der Waals surface area contributed by atoms with Crippen molar-refractivity contribution in [3.63, 3.8) is 0 Å². The fourth-order valence-corrected chi connectivity index (χ4v) is 3.14. The van der Waals surface area contributed by atoms with Crippen LogP contribution in [0, 0.1) is 0 Å². The molecule has 2 unspecified atom stereocenters. The number of amides is 1. The van der Waals surface area contributed by atoms with Gasteiger partial charge in [-0.1, -0.05) is 30.3 Å². The highest BCUT2D eigenvalue weighted by Gasteiger charge is 2.26.